The average Bonchev–Trinajstić information content (AvgIpc) is 2.91. The fourth-order valence-corrected chi connectivity index (χ4v) is 2.80. The van der Waals surface area contributed by atoms with Crippen LogP contribution in [0, 0.1) is 0 Å². The summed E-state index contributed by atoms with van der Waals surface area (Å²) in [6.45, 7) is 2.28. The summed E-state index contributed by atoms with van der Waals surface area (Å²) >= 11 is 0. The first-order valence-corrected chi connectivity index (χ1v) is 6.52. The van der Waals surface area contributed by atoms with E-state index in [1.54, 1.807) is 5.57 Å². The summed E-state index contributed by atoms with van der Waals surface area (Å²) in [5, 5.41) is 2.68. The number of hydrogen-bond acceptors (Lipinski definition) is 0. The van der Waals surface area contributed by atoms with Crippen LogP contribution < -0.4 is 0 Å². The first kappa shape index (κ1) is 10.6. The molecule has 0 radical (unpaired) electrons. The molecule has 0 amide bonds. The van der Waals surface area contributed by atoms with E-state index in [2.05, 4.69) is 49.4 Å². The minimum absolute atomic E-state index is 1.30. The third-order valence-electron chi connectivity index (χ3n) is 3.92. The minimum Gasteiger partial charge on any atom is -0.0667 e. The summed E-state index contributed by atoms with van der Waals surface area (Å²) in [6, 6.07) is 15.4. The summed E-state index contributed by atoms with van der Waals surface area (Å²) < 4.78 is 0. The van der Waals surface area contributed by atoms with Gasteiger partial charge in [0, 0.05) is 0 Å². The molecule has 17 heavy (non-hydrogen) atoms. The van der Waals surface area contributed by atoms with Gasteiger partial charge in [0.05, 0.1) is 0 Å². The number of allylic oxidation sites excluding steroid dienone is 2. The van der Waals surface area contributed by atoms with Gasteiger partial charge in [-0.2, -0.15) is 0 Å². The van der Waals surface area contributed by atoms with E-state index in [1.807, 2.05) is 0 Å². The maximum absolute atomic E-state index is 2.33. The van der Waals surface area contributed by atoms with Gasteiger partial charge in [0.2, 0.25) is 0 Å². The van der Waals surface area contributed by atoms with Crippen molar-refractivity contribution in [1.29, 1.82) is 0 Å². The second-order valence-corrected chi connectivity index (χ2v) is 5.00. The molecule has 0 unspecified atom stereocenters. The van der Waals surface area contributed by atoms with E-state index in [0.717, 1.165) is 0 Å². The molecular weight excluding hydrogens is 204 g/mol. The van der Waals surface area contributed by atoms with E-state index in [1.165, 1.54) is 47.6 Å². The average molecular weight is 222 g/mol. The first-order chi connectivity index (χ1) is 8.34. The van der Waals surface area contributed by atoms with Crippen molar-refractivity contribution in [2.75, 3.05) is 0 Å². The van der Waals surface area contributed by atoms with Crippen LogP contribution in [0.5, 0.6) is 0 Å². The Hall–Kier alpha value is -1.56. The predicted molar refractivity (Wildman–Crippen MR) is 75.0 cm³/mol. The lowest BCUT2D eigenvalue weighted by Gasteiger charge is -2.08. The molecule has 0 heterocycles. The van der Waals surface area contributed by atoms with Crippen LogP contribution in [0.2, 0.25) is 0 Å². The van der Waals surface area contributed by atoms with Gasteiger partial charge in [0.25, 0.3) is 0 Å². The standard InChI is InChI=1S/C17H18/c1-13(14-6-2-3-7-14)16-11-10-15-8-4-5-9-17(15)12-16/h4-5,8-12H,2-3,6-7H2,1H3. The molecule has 0 atom stereocenters. The maximum Gasteiger partial charge on any atom is -0.0178 e. The van der Waals surface area contributed by atoms with E-state index in [4.69, 9.17) is 0 Å². The highest BCUT2D eigenvalue weighted by molar-refractivity contribution is 5.86. The van der Waals surface area contributed by atoms with E-state index in [9.17, 15) is 0 Å². The molecule has 0 spiro atoms. The minimum atomic E-state index is 1.30. The zero-order valence-electron chi connectivity index (χ0n) is 10.4. The first-order valence-electron chi connectivity index (χ1n) is 6.52. The molecule has 86 valence electrons. The van der Waals surface area contributed by atoms with Crippen LogP contribution in [0.1, 0.15) is 38.2 Å². The maximum atomic E-state index is 2.33. The molecule has 2 aromatic carbocycles. The highest BCUT2D eigenvalue weighted by Gasteiger charge is 2.11. The number of rotatable bonds is 1. The summed E-state index contributed by atoms with van der Waals surface area (Å²) in [7, 11) is 0. The van der Waals surface area contributed by atoms with Crippen LogP contribution >= 0.6 is 0 Å². The Morgan fingerprint density at radius 1 is 0.882 bits per heavy atom. The number of hydrogen-bond donors (Lipinski definition) is 0. The second kappa shape index (κ2) is 4.37. The molecule has 0 N–H and O–H groups in total. The molecule has 0 saturated heterocycles. The molecule has 1 aliphatic rings. The van der Waals surface area contributed by atoms with Crippen LogP contribution in [0.15, 0.2) is 48.0 Å². The molecular formula is C17H18. The summed E-state index contributed by atoms with van der Waals surface area (Å²) in [5.41, 5.74) is 4.58. The van der Waals surface area contributed by atoms with Crippen molar-refractivity contribution in [1.82, 2.24) is 0 Å². The SMILES string of the molecule is CC(=C1CCCC1)c1ccc2ccccc2c1. The number of benzene rings is 2. The third-order valence-corrected chi connectivity index (χ3v) is 3.92. The number of fused-ring (bicyclic) bond motifs is 1. The lowest BCUT2D eigenvalue weighted by atomic mass is 9.98. The van der Waals surface area contributed by atoms with Crippen LogP contribution in [-0.2, 0) is 0 Å². The Morgan fingerprint density at radius 3 is 2.35 bits per heavy atom. The monoisotopic (exact) mass is 222 g/mol. The second-order valence-electron chi connectivity index (χ2n) is 5.00. The molecule has 0 bridgehead atoms. The van der Waals surface area contributed by atoms with E-state index in [0.29, 0.717) is 0 Å². The van der Waals surface area contributed by atoms with Crippen LogP contribution in [0.25, 0.3) is 16.3 Å². The Labute approximate surface area is 103 Å². The fraction of sp³-hybridized carbons (Fsp3) is 0.294. The largest absolute Gasteiger partial charge is 0.0667 e. The summed E-state index contributed by atoms with van der Waals surface area (Å²) in [4.78, 5) is 0. The Bertz CT molecular complexity index is 567. The van der Waals surface area contributed by atoms with Crippen LogP contribution in [0.3, 0.4) is 0 Å². The predicted octanol–water partition coefficient (Wildman–Crippen LogP) is 5.19. The van der Waals surface area contributed by atoms with Crippen molar-refractivity contribution in [2.45, 2.75) is 32.6 Å². The van der Waals surface area contributed by atoms with Crippen molar-refractivity contribution < 1.29 is 0 Å². The molecule has 0 nitrogen and oxygen atoms in total. The lowest BCUT2D eigenvalue weighted by molar-refractivity contribution is 0.886. The molecule has 2 aromatic rings. The van der Waals surface area contributed by atoms with E-state index >= 15 is 0 Å². The quantitative estimate of drug-likeness (QED) is 0.623. The Morgan fingerprint density at radius 2 is 1.59 bits per heavy atom. The van der Waals surface area contributed by atoms with Gasteiger partial charge in [0.1, 0.15) is 0 Å². The van der Waals surface area contributed by atoms with Gasteiger partial charge in [0.15, 0.2) is 0 Å². The van der Waals surface area contributed by atoms with Gasteiger partial charge in [-0.05, 0) is 60.6 Å². The van der Waals surface area contributed by atoms with Gasteiger partial charge >= 0.3 is 0 Å². The Balaban J connectivity index is 2.09. The Kier molecular flexibility index (Phi) is 2.72. The topological polar surface area (TPSA) is 0 Å². The van der Waals surface area contributed by atoms with Crippen molar-refractivity contribution in [3.05, 3.63) is 53.6 Å². The molecule has 0 aliphatic heterocycles. The van der Waals surface area contributed by atoms with Gasteiger partial charge < -0.3 is 0 Å². The molecule has 0 heteroatoms. The van der Waals surface area contributed by atoms with Crippen molar-refractivity contribution in [3.63, 3.8) is 0 Å². The smallest absolute Gasteiger partial charge is 0.0178 e. The summed E-state index contributed by atoms with van der Waals surface area (Å²) in [5.74, 6) is 0. The van der Waals surface area contributed by atoms with E-state index in [-0.39, 0.29) is 0 Å². The zero-order valence-corrected chi connectivity index (χ0v) is 10.4. The van der Waals surface area contributed by atoms with Crippen molar-refractivity contribution in [3.8, 4) is 0 Å². The molecule has 1 aliphatic carbocycles. The summed E-state index contributed by atoms with van der Waals surface area (Å²) in [6.07, 6.45) is 5.36. The fourth-order valence-electron chi connectivity index (χ4n) is 2.80. The van der Waals surface area contributed by atoms with Gasteiger partial charge in [-0.25, -0.2) is 0 Å². The van der Waals surface area contributed by atoms with Crippen LogP contribution in [0.4, 0.5) is 0 Å². The molecule has 0 aromatic heterocycles. The van der Waals surface area contributed by atoms with E-state index < -0.39 is 0 Å². The third kappa shape index (κ3) is 2.00. The molecule has 3 rings (SSSR count). The van der Waals surface area contributed by atoms with Gasteiger partial charge in [-0.1, -0.05) is 42.0 Å². The molecule has 1 saturated carbocycles. The normalized spacial score (nSPS) is 15.5. The van der Waals surface area contributed by atoms with Crippen molar-refractivity contribution in [2.24, 2.45) is 0 Å². The van der Waals surface area contributed by atoms with Crippen molar-refractivity contribution >= 4 is 16.3 Å². The molecule has 1 fully saturated rings. The zero-order chi connectivity index (χ0) is 11.7. The lowest BCUT2D eigenvalue weighted by Crippen LogP contribution is -1.85. The van der Waals surface area contributed by atoms with Gasteiger partial charge in [-0.3, -0.25) is 0 Å². The highest BCUT2D eigenvalue weighted by Crippen LogP contribution is 2.32. The highest BCUT2D eigenvalue weighted by atomic mass is 14.2. The van der Waals surface area contributed by atoms with Crippen LogP contribution in [-0.4, -0.2) is 0 Å². The van der Waals surface area contributed by atoms with Gasteiger partial charge in [-0.15, -0.1) is 0 Å².